The SMILES string of the molecule is Cc1cccc(C(N)c2cccc(S(C)(=O)=O)c2)c1C. The molecule has 0 bridgehead atoms. The number of hydrogen-bond acceptors (Lipinski definition) is 3. The lowest BCUT2D eigenvalue weighted by atomic mass is 9.93. The maximum Gasteiger partial charge on any atom is 0.175 e. The minimum absolute atomic E-state index is 0.302. The molecule has 1 unspecified atom stereocenters. The van der Waals surface area contributed by atoms with Crippen LogP contribution in [0.15, 0.2) is 47.4 Å². The smallest absolute Gasteiger partial charge is 0.175 e. The van der Waals surface area contributed by atoms with Gasteiger partial charge >= 0.3 is 0 Å². The zero-order valence-corrected chi connectivity index (χ0v) is 12.7. The minimum atomic E-state index is -3.21. The lowest BCUT2D eigenvalue weighted by Crippen LogP contribution is -2.14. The minimum Gasteiger partial charge on any atom is -0.320 e. The highest BCUT2D eigenvalue weighted by atomic mass is 32.2. The molecule has 20 heavy (non-hydrogen) atoms. The largest absolute Gasteiger partial charge is 0.320 e. The number of benzene rings is 2. The Labute approximate surface area is 120 Å². The molecule has 1 atom stereocenters. The number of rotatable bonds is 3. The predicted octanol–water partition coefficient (Wildman–Crippen LogP) is 2.76. The molecule has 0 saturated carbocycles. The van der Waals surface area contributed by atoms with Crippen molar-refractivity contribution in [1.29, 1.82) is 0 Å². The second kappa shape index (κ2) is 5.38. The van der Waals surface area contributed by atoms with E-state index >= 15 is 0 Å². The van der Waals surface area contributed by atoms with Gasteiger partial charge in [-0.15, -0.1) is 0 Å². The maximum atomic E-state index is 11.6. The first kappa shape index (κ1) is 14.8. The van der Waals surface area contributed by atoms with Crippen LogP contribution >= 0.6 is 0 Å². The van der Waals surface area contributed by atoms with Crippen LogP contribution in [0.4, 0.5) is 0 Å². The third-order valence-corrected chi connectivity index (χ3v) is 4.74. The van der Waals surface area contributed by atoms with Crippen LogP contribution in [0.25, 0.3) is 0 Å². The molecule has 0 aliphatic carbocycles. The van der Waals surface area contributed by atoms with E-state index in [1.807, 2.05) is 38.1 Å². The van der Waals surface area contributed by atoms with Crippen molar-refractivity contribution in [2.75, 3.05) is 6.26 Å². The summed E-state index contributed by atoms with van der Waals surface area (Å²) in [4.78, 5) is 0.302. The number of sulfone groups is 1. The Morgan fingerprint density at radius 2 is 1.70 bits per heavy atom. The van der Waals surface area contributed by atoms with Gasteiger partial charge in [0.2, 0.25) is 0 Å². The molecule has 4 heteroatoms. The van der Waals surface area contributed by atoms with Crippen molar-refractivity contribution in [3.05, 3.63) is 64.7 Å². The number of hydrogen-bond donors (Lipinski definition) is 1. The average Bonchev–Trinajstić information content (AvgIpc) is 2.40. The van der Waals surface area contributed by atoms with E-state index in [4.69, 9.17) is 5.73 Å². The normalized spacial score (nSPS) is 13.2. The van der Waals surface area contributed by atoms with E-state index in [2.05, 4.69) is 0 Å². The standard InChI is InChI=1S/C16H19NO2S/c1-11-6-4-9-15(12(11)2)16(17)13-7-5-8-14(10-13)20(3,18)19/h4-10,16H,17H2,1-3H3. The van der Waals surface area contributed by atoms with E-state index in [9.17, 15) is 8.42 Å². The van der Waals surface area contributed by atoms with Crippen molar-refractivity contribution in [2.24, 2.45) is 5.73 Å². The van der Waals surface area contributed by atoms with Crippen molar-refractivity contribution in [3.63, 3.8) is 0 Å². The third kappa shape index (κ3) is 2.92. The van der Waals surface area contributed by atoms with Gasteiger partial charge in [0.25, 0.3) is 0 Å². The first-order valence-corrected chi connectivity index (χ1v) is 8.31. The molecule has 0 heterocycles. The number of nitrogens with two attached hydrogens (primary N) is 1. The molecule has 0 aliphatic rings. The monoisotopic (exact) mass is 289 g/mol. The van der Waals surface area contributed by atoms with Gasteiger partial charge in [-0.3, -0.25) is 0 Å². The first-order valence-electron chi connectivity index (χ1n) is 6.42. The van der Waals surface area contributed by atoms with E-state index in [0.29, 0.717) is 4.90 Å². The summed E-state index contributed by atoms with van der Waals surface area (Å²) >= 11 is 0. The molecule has 2 rings (SSSR count). The van der Waals surface area contributed by atoms with Crippen LogP contribution in [0.5, 0.6) is 0 Å². The summed E-state index contributed by atoms with van der Waals surface area (Å²) in [5.74, 6) is 0. The van der Waals surface area contributed by atoms with Gasteiger partial charge in [0, 0.05) is 6.26 Å². The van der Waals surface area contributed by atoms with E-state index in [-0.39, 0.29) is 6.04 Å². The highest BCUT2D eigenvalue weighted by molar-refractivity contribution is 7.90. The second-order valence-electron chi connectivity index (χ2n) is 5.11. The van der Waals surface area contributed by atoms with Crippen molar-refractivity contribution < 1.29 is 8.42 Å². The van der Waals surface area contributed by atoms with Crippen molar-refractivity contribution in [2.45, 2.75) is 24.8 Å². The second-order valence-corrected chi connectivity index (χ2v) is 7.13. The molecule has 0 spiro atoms. The molecule has 0 radical (unpaired) electrons. The van der Waals surface area contributed by atoms with Gasteiger partial charge < -0.3 is 5.73 Å². The Morgan fingerprint density at radius 3 is 2.35 bits per heavy atom. The van der Waals surface area contributed by atoms with Gasteiger partial charge in [-0.25, -0.2) is 8.42 Å². The van der Waals surface area contributed by atoms with Crippen LogP contribution in [0, 0.1) is 13.8 Å². The zero-order valence-electron chi connectivity index (χ0n) is 11.9. The topological polar surface area (TPSA) is 60.2 Å². The average molecular weight is 289 g/mol. The first-order chi connectivity index (χ1) is 9.30. The Morgan fingerprint density at radius 1 is 1.05 bits per heavy atom. The van der Waals surface area contributed by atoms with Crippen LogP contribution in [0.2, 0.25) is 0 Å². The Kier molecular flexibility index (Phi) is 3.97. The van der Waals surface area contributed by atoms with Crippen molar-refractivity contribution >= 4 is 9.84 Å². The van der Waals surface area contributed by atoms with Gasteiger partial charge in [-0.2, -0.15) is 0 Å². The fourth-order valence-electron chi connectivity index (χ4n) is 2.23. The van der Waals surface area contributed by atoms with Gasteiger partial charge in [0.05, 0.1) is 10.9 Å². The predicted molar refractivity (Wildman–Crippen MR) is 81.5 cm³/mol. The summed E-state index contributed by atoms with van der Waals surface area (Å²) in [5, 5.41) is 0. The molecule has 0 saturated heterocycles. The third-order valence-electron chi connectivity index (χ3n) is 3.63. The molecular weight excluding hydrogens is 270 g/mol. The highest BCUT2D eigenvalue weighted by Gasteiger charge is 2.15. The highest BCUT2D eigenvalue weighted by Crippen LogP contribution is 2.25. The molecule has 0 aromatic heterocycles. The van der Waals surface area contributed by atoms with Crippen LogP contribution in [-0.2, 0) is 9.84 Å². The van der Waals surface area contributed by atoms with Gasteiger partial charge in [-0.1, -0.05) is 30.3 Å². The summed E-state index contributed by atoms with van der Waals surface area (Å²) in [7, 11) is -3.21. The van der Waals surface area contributed by atoms with Crippen LogP contribution in [0.3, 0.4) is 0 Å². The van der Waals surface area contributed by atoms with Crippen molar-refractivity contribution in [1.82, 2.24) is 0 Å². The molecule has 3 nitrogen and oxygen atoms in total. The van der Waals surface area contributed by atoms with E-state index in [0.717, 1.165) is 16.7 Å². The van der Waals surface area contributed by atoms with E-state index in [1.54, 1.807) is 18.2 Å². The summed E-state index contributed by atoms with van der Waals surface area (Å²) in [6, 6.07) is 12.5. The summed E-state index contributed by atoms with van der Waals surface area (Å²) < 4.78 is 23.2. The van der Waals surface area contributed by atoms with Gasteiger partial charge in [0.1, 0.15) is 0 Å². The van der Waals surface area contributed by atoms with Gasteiger partial charge in [-0.05, 0) is 48.2 Å². The van der Waals surface area contributed by atoms with Crippen LogP contribution < -0.4 is 5.73 Å². The number of aryl methyl sites for hydroxylation is 1. The molecule has 2 N–H and O–H groups in total. The summed E-state index contributed by atoms with van der Waals surface area (Å²) in [5.41, 5.74) is 10.5. The van der Waals surface area contributed by atoms with Crippen LogP contribution in [-0.4, -0.2) is 14.7 Å². The van der Waals surface area contributed by atoms with Crippen molar-refractivity contribution in [3.8, 4) is 0 Å². The van der Waals surface area contributed by atoms with E-state index in [1.165, 1.54) is 11.8 Å². The van der Waals surface area contributed by atoms with E-state index < -0.39 is 9.84 Å². The lowest BCUT2D eigenvalue weighted by Gasteiger charge is -2.17. The van der Waals surface area contributed by atoms with Gasteiger partial charge in [0.15, 0.2) is 9.84 Å². The quantitative estimate of drug-likeness (QED) is 0.945. The fraction of sp³-hybridized carbons (Fsp3) is 0.250. The maximum absolute atomic E-state index is 11.6. The molecular formula is C16H19NO2S. The lowest BCUT2D eigenvalue weighted by molar-refractivity contribution is 0.601. The summed E-state index contributed by atoms with van der Waals surface area (Å²) in [6.45, 7) is 4.07. The fourth-order valence-corrected chi connectivity index (χ4v) is 2.90. The molecule has 0 fully saturated rings. The Bertz CT molecular complexity index is 736. The Hall–Kier alpha value is -1.65. The zero-order chi connectivity index (χ0) is 14.9. The Balaban J connectivity index is 2.49. The summed E-state index contributed by atoms with van der Waals surface area (Å²) in [6.07, 6.45) is 1.20. The molecule has 106 valence electrons. The molecule has 2 aromatic carbocycles. The molecule has 0 aliphatic heterocycles. The molecule has 0 amide bonds. The molecule has 2 aromatic rings. The van der Waals surface area contributed by atoms with Crippen LogP contribution in [0.1, 0.15) is 28.3 Å².